The van der Waals surface area contributed by atoms with Crippen LogP contribution >= 0.6 is 0 Å². The van der Waals surface area contributed by atoms with E-state index >= 15 is 0 Å². The summed E-state index contributed by atoms with van der Waals surface area (Å²) in [5.41, 5.74) is 4.35. The summed E-state index contributed by atoms with van der Waals surface area (Å²) in [6.07, 6.45) is 12.2. The monoisotopic (exact) mass is 451 g/mol. The van der Waals surface area contributed by atoms with Gasteiger partial charge in [0.1, 0.15) is 5.82 Å². The van der Waals surface area contributed by atoms with E-state index in [1.165, 1.54) is 37.1 Å². The number of anilines is 2. The van der Waals surface area contributed by atoms with Gasteiger partial charge in [0, 0.05) is 31.5 Å². The lowest BCUT2D eigenvalue weighted by molar-refractivity contribution is 0.330. The predicted octanol–water partition coefficient (Wildman–Crippen LogP) is 5.14. The molecule has 0 radical (unpaired) electrons. The van der Waals surface area contributed by atoms with Crippen molar-refractivity contribution >= 4 is 11.8 Å². The van der Waals surface area contributed by atoms with Crippen molar-refractivity contribution in [1.82, 2.24) is 19.9 Å². The van der Waals surface area contributed by atoms with Crippen molar-refractivity contribution in [3.05, 3.63) is 34.5 Å². The van der Waals surface area contributed by atoms with Gasteiger partial charge < -0.3 is 10.6 Å². The van der Waals surface area contributed by atoms with E-state index < -0.39 is 0 Å². The molecule has 1 aliphatic carbocycles. The van der Waals surface area contributed by atoms with E-state index in [0.29, 0.717) is 5.95 Å². The molecule has 8 heteroatoms. The molecule has 1 aliphatic heterocycles. The molecule has 2 aromatic heterocycles. The van der Waals surface area contributed by atoms with Crippen LogP contribution in [0.1, 0.15) is 69.4 Å². The van der Waals surface area contributed by atoms with Crippen LogP contribution in [0.15, 0.2) is 23.6 Å². The Morgan fingerprint density at radius 1 is 1.12 bits per heavy atom. The van der Waals surface area contributed by atoms with Gasteiger partial charge in [0.15, 0.2) is 0 Å². The van der Waals surface area contributed by atoms with Gasteiger partial charge in [-0.05, 0) is 82.2 Å². The number of nitrogens with zero attached hydrogens (tertiary/aromatic N) is 5. The lowest BCUT2D eigenvalue weighted by Gasteiger charge is -2.27. The topological polar surface area (TPSA) is 95.4 Å². The van der Waals surface area contributed by atoms with E-state index in [4.69, 9.17) is 9.97 Å². The number of hydrogen-bond donors (Lipinski definition) is 2. The predicted molar refractivity (Wildman–Crippen MR) is 133 cm³/mol. The van der Waals surface area contributed by atoms with Gasteiger partial charge >= 0.3 is 0 Å². The highest BCUT2D eigenvalue weighted by molar-refractivity contribution is 5.73. The summed E-state index contributed by atoms with van der Waals surface area (Å²) in [7, 11) is 0. The van der Waals surface area contributed by atoms with Crippen LogP contribution in [-0.4, -0.2) is 51.6 Å². The highest BCUT2D eigenvalue weighted by Crippen LogP contribution is 2.30. The largest absolute Gasteiger partial charge is 0.367 e. The first-order valence-corrected chi connectivity index (χ1v) is 12.5. The second kappa shape index (κ2) is 11.5. The maximum absolute atomic E-state index is 10.9. The smallest absolute Gasteiger partial charge is 0.224 e. The van der Waals surface area contributed by atoms with Gasteiger partial charge in [-0.3, -0.25) is 9.88 Å². The Morgan fingerprint density at radius 2 is 1.91 bits per heavy atom. The first-order chi connectivity index (χ1) is 16.2. The van der Waals surface area contributed by atoms with Crippen LogP contribution < -0.4 is 10.6 Å². The normalized spacial score (nSPS) is 21.2. The van der Waals surface area contributed by atoms with Gasteiger partial charge in [0.25, 0.3) is 0 Å². The van der Waals surface area contributed by atoms with Crippen LogP contribution in [0.2, 0.25) is 0 Å². The number of nitrogens with one attached hydrogen (secondary N) is 2. The summed E-state index contributed by atoms with van der Waals surface area (Å²) < 4.78 is 0. The minimum Gasteiger partial charge on any atom is -0.367 e. The average molecular weight is 452 g/mol. The van der Waals surface area contributed by atoms with Gasteiger partial charge in [-0.2, -0.15) is 9.89 Å². The maximum Gasteiger partial charge on any atom is 0.224 e. The number of nitroso groups, excluding NO2 is 1. The van der Waals surface area contributed by atoms with E-state index in [-0.39, 0.29) is 12.1 Å². The Morgan fingerprint density at radius 3 is 2.61 bits per heavy atom. The number of rotatable bonds is 10. The van der Waals surface area contributed by atoms with Crippen molar-refractivity contribution < 1.29 is 0 Å². The molecule has 4 rings (SSSR count). The van der Waals surface area contributed by atoms with Gasteiger partial charge in [-0.15, -0.1) is 0 Å². The molecule has 2 fully saturated rings. The molecule has 0 bridgehead atoms. The number of unbranched alkanes of at least 4 members (excludes halogenated alkanes) is 1. The molecule has 0 spiro atoms. The molecule has 2 aromatic rings. The summed E-state index contributed by atoms with van der Waals surface area (Å²) in [5, 5.41) is 10.2. The van der Waals surface area contributed by atoms with Crippen LogP contribution in [0.25, 0.3) is 11.3 Å². The summed E-state index contributed by atoms with van der Waals surface area (Å²) in [6.45, 7) is 8.52. The molecular weight excluding hydrogens is 414 g/mol. The summed E-state index contributed by atoms with van der Waals surface area (Å²) >= 11 is 0. The molecule has 2 N–H and O–H groups in total. The van der Waals surface area contributed by atoms with Crippen molar-refractivity contribution in [1.29, 1.82) is 0 Å². The van der Waals surface area contributed by atoms with Gasteiger partial charge in [-0.1, -0.05) is 18.5 Å². The third-order valence-corrected chi connectivity index (χ3v) is 6.88. The van der Waals surface area contributed by atoms with Crippen LogP contribution in [0.5, 0.6) is 0 Å². The Labute approximate surface area is 197 Å². The zero-order chi connectivity index (χ0) is 23.0. The van der Waals surface area contributed by atoms with Crippen molar-refractivity contribution in [2.24, 2.45) is 5.18 Å². The number of hydrogen-bond acceptors (Lipinski definition) is 8. The number of pyridine rings is 1. The Balaban J connectivity index is 1.55. The van der Waals surface area contributed by atoms with Crippen molar-refractivity contribution in [3.8, 4) is 11.3 Å². The standard InChI is InChI=1S/C25H37N7O/c1-3-4-11-26-25-28-16-22(24(30-25)29-20-7-9-21(31-33)10-8-20)23-14-18(2)19(15-27-23)17-32-12-5-6-13-32/h14-16,20-21H,3-13,17H2,1-2H3,(H2,26,28,29,30). The average Bonchev–Trinajstić information content (AvgIpc) is 3.35. The fourth-order valence-electron chi connectivity index (χ4n) is 4.74. The maximum atomic E-state index is 10.9. The molecule has 0 amide bonds. The first-order valence-electron chi connectivity index (χ1n) is 12.5. The molecule has 3 heterocycles. The van der Waals surface area contributed by atoms with Crippen molar-refractivity contribution in [2.75, 3.05) is 30.3 Å². The molecule has 33 heavy (non-hydrogen) atoms. The minimum atomic E-state index is -0.0494. The van der Waals surface area contributed by atoms with E-state index in [1.807, 2.05) is 12.4 Å². The van der Waals surface area contributed by atoms with E-state index in [2.05, 4.69) is 45.6 Å². The van der Waals surface area contributed by atoms with Crippen molar-refractivity contribution in [3.63, 3.8) is 0 Å². The summed E-state index contributed by atoms with van der Waals surface area (Å²) in [6, 6.07) is 2.38. The molecule has 1 saturated carbocycles. The fourth-order valence-corrected chi connectivity index (χ4v) is 4.74. The number of aromatic nitrogens is 3. The molecule has 8 nitrogen and oxygen atoms in total. The third-order valence-electron chi connectivity index (χ3n) is 6.88. The molecule has 2 aliphatic rings. The Hall–Kier alpha value is -2.61. The number of aryl methyl sites for hydroxylation is 1. The summed E-state index contributed by atoms with van der Waals surface area (Å²) in [4.78, 5) is 27.6. The van der Waals surface area contributed by atoms with Gasteiger partial charge in [0.2, 0.25) is 5.95 Å². The number of likely N-dealkylation sites (tertiary alicyclic amines) is 1. The summed E-state index contributed by atoms with van der Waals surface area (Å²) in [5.74, 6) is 1.45. The van der Waals surface area contributed by atoms with E-state index in [9.17, 15) is 4.91 Å². The lowest BCUT2D eigenvalue weighted by Crippen LogP contribution is -2.28. The molecule has 0 aromatic carbocycles. The van der Waals surface area contributed by atoms with Crippen LogP contribution in [0, 0.1) is 11.8 Å². The highest BCUT2D eigenvalue weighted by atomic mass is 16.3. The molecular formula is C25H37N7O. The first kappa shape index (κ1) is 23.5. The Kier molecular flexibility index (Phi) is 8.20. The molecule has 1 saturated heterocycles. The second-order valence-electron chi connectivity index (χ2n) is 9.47. The zero-order valence-electron chi connectivity index (χ0n) is 20.0. The van der Waals surface area contributed by atoms with Crippen molar-refractivity contribution in [2.45, 2.75) is 83.8 Å². The van der Waals surface area contributed by atoms with E-state index in [0.717, 1.165) is 68.7 Å². The lowest BCUT2D eigenvalue weighted by atomic mass is 9.91. The molecule has 0 unspecified atom stereocenters. The Bertz CT molecular complexity index is 921. The van der Waals surface area contributed by atoms with E-state index in [1.54, 1.807) is 0 Å². The molecule has 0 atom stereocenters. The fraction of sp³-hybridized carbons (Fsp3) is 0.640. The van der Waals surface area contributed by atoms with Gasteiger partial charge in [-0.25, -0.2) is 4.98 Å². The van der Waals surface area contributed by atoms with Crippen LogP contribution in [0.3, 0.4) is 0 Å². The second-order valence-corrected chi connectivity index (χ2v) is 9.47. The quantitative estimate of drug-likeness (QED) is 0.381. The van der Waals surface area contributed by atoms with Crippen LogP contribution in [0.4, 0.5) is 11.8 Å². The third kappa shape index (κ3) is 6.25. The zero-order valence-corrected chi connectivity index (χ0v) is 20.0. The van der Waals surface area contributed by atoms with Gasteiger partial charge in [0.05, 0.1) is 17.3 Å². The van der Waals surface area contributed by atoms with Crippen LogP contribution in [-0.2, 0) is 6.54 Å². The SMILES string of the molecule is CCCCNc1ncc(-c2cc(C)c(CN3CCCC3)cn2)c(NC2CCC(N=O)CC2)n1. The minimum absolute atomic E-state index is 0.0494. The molecule has 178 valence electrons. The highest BCUT2D eigenvalue weighted by Gasteiger charge is 2.23.